The highest BCUT2D eigenvalue weighted by molar-refractivity contribution is 9.10. The molecule has 136 valence electrons. The predicted molar refractivity (Wildman–Crippen MR) is 116 cm³/mol. The molecule has 0 bridgehead atoms. The van der Waals surface area contributed by atoms with Gasteiger partial charge in [0, 0.05) is 39.7 Å². The second-order valence-corrected chi connectivity index (χ2v) is 7.95. The minimum absolute atomic E-state index is 0. The summed E-state index contributed by atoms with van der Waals surface area (Å²) in [6, 6.07) is 12.6. The predicted octanol–water partition coefficient (Wildman–Crippen LogP) is 6.10. The summed E-state index contributed by atoms with van der Waals surface area (Å²) in [6.45, 7) is 0. The summed E-state index contributed by atoms with van der Waals surface area (Å²) < 4.78 is 18.0. The van der Waals surface area contributed by atoms with E-state index in [0.717, 1.165) is 42.2 Å². The molecule has 5 aromatic rings. The Bertz CT molecular complexity index is 1240. The second kappa shape index (κ2) is 6.85. The van der Waals surface area contributed by atoms with Crippen molar-refractivity contribution in [3.63, 3.8) is 0 Å². The third kappa shape index (κ3) is 3.11. The minimum atomic E-state index is -0.253. The maximum Gasteiger partial charge on any atom is 0.213 e. The normalized spacial score (nSPS) is 11.2. The SMILES string of the molecule is Br.Cn1cc(-c2nn3cc(-c4ccc(F)cc4)nc3s2)c2cc(Br)ccc21. The fraction of sp³-hybridized carbons (Fsp3) is 0.0526. The first-order valence-electron chi connectivity index (χ1n) is 7.95. The Labute approximate surface area is 177 Å². The van der Waals surface area contributed by atoms with Crippen molar-refractivity contribution in [2.45, 2.75) is 0 Å². The molecule has 0 aliphatic rings. The van der Waals surface area contributed by atoms with E-state index in [1.807, 2.05) is 19.3 Å². The first kappa shape index (κ1) is 18.3. The highest BCUT2D eigenvalue weighted by Gasteiger charge is 2.15. The Morgan fingerprint density at radius 3 is 2.59 bits per heavy atom. The number of hydrogen-bond donors (Lipinski definition) is 0. The number of nitrogens with zero attached hydrogens (tertiary/aromatic N) is 4. The molecule has 3 aromatic heterocycles. The van der Waals surface area contributed by atoms with Crippen molar-refractivity contribution in [2.75, 3.05) is 0 Å². The van der Waals surface area contributed by atoms with Gasteiger partial charge in [0.1, 0.15) is 10.8 Å². The molecule has 0 unspecified atom stereocenters. The van der Waals surface area contributed by atoms with Crippen LogP contribution in [0.25, 0.3) is 37.7 Å². The van der Waals surface area contributed by atoms with Gasteiger partial charge >= 0.3 is 0 Å². The van der Waals surface area contributed by atoms with Gasteiger partial charge in [0.2, 0.25) is 4.96 Å². The van der Waals surface area contributed by atoms with Crippen LogP contribution in [0.4, 0.5) is 4.39 Å². The monoisotopic (exact) mass is 506 g/mol. The standard InChI is InChI=1S/C19H12BrFN4S.BrH/c1-24-9-15(14-8-12(20)4-7-17(14)24)18-23-25-10-16(22-19(25)26-18)11-2-5-13(21)6-3-11;/h2-10H,1H3;1H. The molecule has 0 spiro atoms. The maximum atomic E-state index is 13.1. The Morgan fingerprint density at radius 1 is 1.07 bits per heavy atom. The lowest BCUT2D eigenvalue weighted by Gasteiger charge is -1.96. The van der Waals surface area contributed by atoms with E-state index in [9.17, 15) is 4.39 Å². The summed E-state index contributed by atoms with van der Waals surface area (Å²) in [5, 5.41) is 6.78. The molecule has 0 aliphatic carbocycles. The average Bonchev–Trinajstić information content (AvgIpc) is 3.27. The van der Waals surface area contributed by atoms with Crippen LogP contribution < -0.4 is 0 Å². The van der Waals surface area contributed by atoms with Gasteiger partial charge in [-0.25, -0.2) is 13.9 Å². The van der Waals surface area contributed by atoms with Crippen LogP contribution >= 0.6 is 44.2 Å². The zero-order chi connectivity index (χ0) is 17.8. The summed E-state index contributed by atoms with van der Waals surface area (Å²) in [4.78, 5) is 5.46. The summed E-state index contributed by atoms with van der Waals surface area (Å²) in [5.41, 5.74) is 3.90. The van der Waals surface area contributed by atoms with Crippen molar-refractivity contribution < 1.29 is 4.39 Å². The van der Waals surface area contributed by atoms with Gasteiger partial charge in [-0.05, 0) is 42.5 Å². The summed E-state index contributed by atoms with van der Waals surface area (Å²) >= 11 is 5.09. The number of halogens is 3. The molecule has 0 aliphatic heterocycles. The largest absolute Gasteiger partial charge is 0.350 e. The van der Waals surface area contributed by atoms with Crippen LogP contribution in [0, 0.1) is 5.82 Å². The van der Waals surface area contributed by atoms with Crippen LogP contribution in [-0.4, -0.2) is 19.2 Å². The van der Waals surface area contributed by atoms with E-state index in [0.29, 0.717) is 0 Å². The molecule has 0 fully saturated rings. The van der Waals surface area contributed by atoms with Gasteiger partial charge < -0.3 is 4.57 Å². The Balaban J connectivity index is 0.00000180. The van der Waals surface area contributed by atoms with Gasteiger partial charge in [-0.15, -0.1) is 17.0 Å². The van der Waals surface area contributed by atoms with Crippen LogP contribution in [0.2, 0.25) is 0 Å². The lowest BCUT2D eigenvalue weighted by Crippen LogP contribution is -1.83. The second-order valence-electron chi connectivity index (χ2n) is 6.08. The molecule has 0 atom stereocenters. The third-order valence-electron chi connectivity index (χ3n) is 4.37. The van der Waals surface area contributed by atoms with Crippen LogP contribution in [0.1, 0.15) is 0 Å². The molecular weight excluding hydrogens is 495 g/mol. The first-order valence-corrected chi connectivity index (χ1v) is 9.56. The minimum Gasteiger partial charge on any atom is -0.350 e. The number of hydrogen-bond acceptors (Lipinski definition) is 3. The molecule has 0 N–H and O–H groups in total. The molecule has 0 amide bonds. The lowest BCUT2D eigenvalue weighted by molar-refractivity contribution is 0.628. The maximum absolute atomic E-state index is 13.1. The van der Waals surface area contributed by atoms with Crippen molar-refractivity contribution in [3.05, 3.63) is 65.1 Å². The van der Waals surface area contributed by atoms with Crippen LogP contribution in [0.5, 0.6) is 0 Å². The fourth-order valence-electron chi connectivity index (χ4n) is 3.10. The molecule has 5 rings (SSSR count). The van der Waals surface area contributed by atoms with Crippen molar-refractivity contribution >= 4 is 60.1 Å². The van der Waals surface area contributed by atoms with Crippen LogP contribution in [0.3, 0.4) is 0 Å². The summed E-state index contributed by atoms with van der Waals surface area (Å²) in [6.07, 6.45) is 3.97. The Hall–Kier alpha value is -2.03. The molecule has 4 nitrogen and oxygen atoms in total. The van der Waals surface area contributed by atoms with Crippen LogP contribution in [0.15, 0.2) is 59.3 Å². The highest BCUT2D eigenvalue weighted by atomic mass is 79.9. The fourth-order valence-corrected chi connectivity index (χ4v) is 4.37. The van der Waals surface area contributed by atoms with Gasteiger partial charge in [0.15, 0.2) is 0 Å². The molecule has 0 radical (unpaired) electrons. The van der Waals surface area contributed by atoms with E-state index in [-0.39, 0.29) is 22.8 Å². The van der Waals surface area contributed by atoms with Gasteiger partial charge in [-0.3, -0.25) is 0 Å². The lowest BCUT2D eigenvalue weighted by atomic mass is 10.2. The zero-order valence-electron chi connectivity index (χ0n) is 14.1. The molecular formula is C19H13Br2FN4S. The van der Waals surface area contributed by atoms with Crippen molar-refractivity contribution in [1.29, 1.82) is 0 Å². The molecule has 3 heterocycles. The molecule has 27 heavy (non-hydrogen) atoms. The first-order chi connectivity index (χ1) is 12.6. The molecule has 0 saturated heterocycles. The van der Waals surface area contributed by atoms with Gasteiger partial charge in [-0.1, -0.05) is 27.3 Å². The summed E-state index contributed by atoms with van der Waals surface area (Å²) in [7, 11) is 2.03. The summed E-state index contributed by atoms with van der Waals surface area (Å²) in [5.74, 6) is -0.253. The zero-order valence-corrected chi connectivity index (χ0v) is 18.2. The number of benzene rings is 2. The van der Waals surface area contributed by atoms with E-state index < -0.39 is 0 Å². The van der Waals surface area contributed by atoms with Crippen molar-refractivity contribution in [1.82, 2.24) is 19.2 Å². The number of rotatable bonds is 2. The Kier molecular flexibility index (Phi) is 4.65. The van der Waals surface area contributed by atoms with E-state index in [4.69, 9.17) is 5.10 Å². The smallest absolute Gasteiger partial charge is 0.213 e. The van der Waals surface area contributed by atoms with Gasteiger partial charge in [0.25, 0.3) is 0 Å². The van der Waals surface area contributed by atoms with E-state index in [1.165, 1.54) is 12.1 Å². The topological polar surface area (TPSA) is 35.1 Å². The number of aromatic nitrogens is 4. The number of fused-ring (bicyclic) bond motifs is 2. The quantitative estimate of drug-likeness (QED) is 0.289. The molecule has 8 heteroatoms. The van der Waals surface area contributed by atoms with Crippen molar-refractivity contribution in [2.24, 2.45) is 7.05 Å². The Morgan fingerprint density at radius 2 is 1.85 bits per heavy atom. The van der Waals surface area contributed by atoms with E-state index in [2.05, 4.69) is 43.8 Å². The molecule has 2 aromatic carbocycles. The average molecular weight is 508 g/mol. The number of aryl methyl sites for hydroxylation is 1. The van der Waals surface area contributed by atoms with Crippen LogP contribution in [-0.2, 0) is 7.05 Å². The van der Waals surface area contributed by atoms with E-state index >= 15 is 0 Å². The highest BCUT2D eigenvalue weighted by Crippen LogP contribution is 2.35. The van der Waals surface area contributed by atoms with Gasteiger partial charge in [-0.2, -0.15) is 5.10 Å². The third-order valence-corrected chi connectivity index (χ3v) is 5.81. The van der Waals surface area contributed by atoms with Gasteiger partial charge in [0.05, 0.1) is 11.9 Å². The van der Waals surface area contributed by atoms with E-state index in [1.54, 1.807) is 28.0 Å². The van der Waals surface area contributed by atoms with Crippen molar-refractivity contribution in [3.8, 4) is 21.8 Å². The number of imidazole rings is 1. The molecule has 0 saturated carbocycles.